The molecule has 0 saturated carbocycles. The normalized spacial score (nSPS) is 12.0. The highest BCUT2D eigenvalue weighted by Crippen LogP contribution is 2.27. The molecule has 0 aliphatic heterocycles. The van der Waals surface area contributed by atoms with Crippen LogP contribution in [0.3, 0.4) is 0 Å². The number of rotatable bonds is 7. The fraction of sp³-hybridized carbons (Fsp3) is 0.100. The molecule has 0 bridgehead atoms. The van der Waals surface area contributed by atoms with Crippen LogP contribution >= 0.6 is 11.3 Å². The molecular formula is C20H15FN4O3S. The molecule has 0 fully saturated rings. The Morgan fingerprint density at radius 3 is 2.72 bits per heavy atom. The fourth-order valence-electron chi connectivity index (χ4n) is 2.89. The summed E-state index contributed by atoms with van der Waals surface area (Å²) in [7, 11) is 0. The van der Waals surface area contributed by atoms with Crippen LogP contribution in [0.2, 0.25) is 0 Å². The molecule has 9 heteroatoms. The van der Waals surface area contributed by atoms with Gasteiger partial charge < -0.3 is 4.52 Å². The van der Waals surface area contributed by atoms with Gasteiger partial charge in [-0.2, -0.15) is 4.98 Å². The SMILES string of the molecule is O=[N+]([O-])c1cccc(-c2noc(CNC(c3ccc(F)cc3)c3cccs3)n2)c1. The number of aromatic nitrogens is 2. The predicted molar refractivity (Wildman–Crippen MR) is 106 cm³/mol. The van der Waals surface area contributed by atoms with E-state index in [4.69, 9.17) is 4.52 Å². The zero-order chi connectivity index (χ0) is 20.2. The molecule has 4 aromatic rings. The second-order valence-corrected chi connectivity index (χ2v) is 7.18. The van der Waals surface area contributed by atoms with Crippen LogP contribution < -0.4 is 5.32 Å². The van der Waals surface area contributed by atoms with Gasteiger partial charge in [0, 0.05) is 22.6 Å². The smallest absolute Gasteiger partial charge is 0.270 e. The van der Waals surface area contributed by atoms with Gasteiger partial charge in [-0.05, 0) is 29.1 Å². The van der Waals surface area contributed by atoms with Gasteiger partial charge in [0.2, 0.25) is 11.7 Å². The van der Waals surface area contributed by atoms with Crippen molar-refractivity contribution in [1.82, 2.24) is 15.5 Å². The van der Waals surface area contributed by atoms with Crippen LogP contribution in [-0.4, -0.2) is 15.1 Å². The van der Waals surface area contributed by atoms with E-state index in [1.54, 1.807) is 35.6 Å². The van der Waals surface area contributed by atoms with Crippen molar-refractivity contribution in [3.63, 3.8) is 0 Å². The summed E-state index contributed by atoms with van der Waals surface area (Å²) < 4.78 is 18.6. The van der Waals surface area contributed by atoms with Gasteiger partial charge >= 0.3 is 0 Å². The molecule has 2 heterocycles. The molecule has 0 aliphatic carbocycles. The lowest BCUT2D eigenvalue weighted by atomic mass is 10.1. The van der Waals surface area contributed by atoms with Crippen molar-refractivity contribution in [1.29, 1.82) is 0 Å². The standard InChI is InChI=1S/C20H15FN4O3S/c21-15-8-6-13(7-9-15)19(17-5-2-10-29-17)22-12-18-23-20(24-28-18)14-3-1-4-16(11-14)25(26)27/h1-11,19,22H,12H2. The molecule has 1 unspecified atom stereocenters. The van der Waals surface area contributed by atoms with Crippen LogP contribution in [0.1, 0.15) is 22.4 Å². The van der Waals surface area contributed by atoms with E-state index >= 15 is 0 Å². The van der Waals surface area contributed by atoms with Gasteiger partial charge in [-0.15, -0.1) is 11.3 Å². The summed E-state index contributed by atoms with van der Waals surface area (Å²) in [5.74, 6) is 0.326. The second kappa shape index (κ2) is 8.29. The molecule has 146 valence electrons. The number of nitro groups is 1. The minimum Gasteiger partial charge on any atom is -0.338 e. The van der Waals surface area contributed by atoms with E-state index in [0.29, 0.717) is 11.5 Å². The number of nitrogens with one attached hydrogen (secondary N) is 1. The number of nitro benzene ring substituents is 1. The number of nitrogens with zero attached hydrogens (tertiary/aromatic N) is 3. The van der Waals surface area contributed by atoms with Crippen LogP contribution in [0.5, 0.6) is 0 Å². The quantitative estimate of drug-likeness (QED) is 0.350. The van der Waals surface area contributed by atoms with Gasteiger partial charge in [-0.3, -0.25) is 15.4 Å². The number of hydrogen-bond acceptors (Lipinski definition) is 7. The van der Waals surface area contributed by atoms with Gasteiger partial charge in [0.25, 0.3) is 5.69 Å². The van der Waals surface area contributed by atoms with Gasteiger partial charge in [-0.1, -0.05) is 35.5 Å². The van der Waals surface area contributed by atoms with E-state index in [1.807, 2.05) is 17.5 Å². The van der Waals surface area contributed by atoms with E-state index in [2.05, 4.69) is 15.5 Å². The second-order valence-electron chi connectivity index (χ2n) is 6.20. The van der Waals surface area contributed by atoms with Crippen molar-refractivity contribution in [2.45, 2.75) is 12.6 Å². The van der Waals surface area contributed by atoms with Crippen molar-refractivity contribution in [3.05, 3.63) is 98.3 Å². The highest BCUT2D eigenvalue weighted by molar-refractivity contribution is 7.10. The van der Waals surface area contributed by atoms with Crippen molar-refractivity contribution in [2.75, 3.05) is 0 Å². The zero-order valence-electron chi connectivity index (χ0n) is 15.0. The fourth-order valence-corrected chi connectivity index (χ4v) is 3.71. The number of non-ortho nitro benzene ring substituents is 1. The topological polar surface area (TPSA) is 94.1 Å². The Kier molecular flexibility index (Phi) is 5.41. The summed E-state index contributed by atoms with van der Waals surface area (Å²) >= 11 is 1.58. The molecule has 0 radical (unpaired) electrons. The summed E-state index contributed by atoms with van der Waals surface area (Å²) in [4.78, 5) is 15.9. The summed E-state index contributed by atoms with van der Waals surface area (Å²) in [6.45, 7) is 0.280. The first kappa shape index (κ1) is 18.9. The Bertz CT molecular complexity index is 1110. The molecule has 1 N–H and O–H groups in total. The monoisotopic (exact) mass is 410 g/mol. The molecule has 1 atom stereocenters. The molecule has 0 aliphatic rings. The van der Waals surface area contributed by atoms with E-state index in [9.17, 15) is 14.5 Å². The Balaban J connectivity index is 1.52. The lowest BCUT2D eigenvalue weighted by molar-refractivity contribution is -0.384. The van der Waals surface area contributed by atoms with Crippen LogP contribution in [0, 0.1) is 15.9 Å². The average molecular weight is 410 g/mol. The molecule has 0 spiro atoms. The predicted octanol–water partition coefficient (Wildman–Crippen LogP) is 4.72. The van der Waals surface area contributed by atoms with E-state index in [-0.39, 0.29) is 29.9 Å². The van der Waals surface area contributed by atoms with E-state index in [1.165, 1.54) is 24.3 Å². The lowest BCUT2D eigenvalue weighted by Gasteiger charge is -2.17. The van der Waals surface area contributed by atoms with Gasteiger partial charge in [0.1, 0.15) is 5.82 Å². The number of hydrogen-bond donors (Lipinski definition) is 1. The molecule has 0 saturated heterocycles. The first-order valence-corrected chi connectivity index (χ1v) is 9.58. The molecule has 0 amide bonds. The minimum absolute atomic E-state index is 0.0407. The molecule has 2 aromatic carbocycles. The van der Waals surface area contributed by atoms with Gasteiger partial charge in [0.15, 0.2) is 0 Å². The third-order valence-electron chi connectivity index (χ3n) is 4.27. The van der Waals surface area contributed by atoms with Crippen molar-refractivity contribution in [2.24, 2.45) is 0 Å². The van der Waals surface area contributed by atoms with E-state index < -0.39 is 4.92 Å². The van der Waals surface area contributed by atoms with E-state index in [0.717, 1.165) is 10.4 Å². The Hall–Kier alpha value is -3.43. The van der Waals surface area contributed by atoms with Crippen molar-refractivity contribution < 1.29 is 13.8 Å². The lowest BCUT2D eigenvalue weighted by Crippen LogP contribution is -2.21. The summed E-state index contributed by atoms with van der Waals surface area (Å²) in [6, 6.07) is 16.1. The summed E-state index contributed by atoms with van der Waals surface area (Å²) in [5.41, 5.74) is 1.37. The largest absolute Gasteiger partial charge is 0.338 e. The summed E-state index contributed by atoms with van der Waals surface area (Å²) in [6.07, 6.45) is 0. The highest BCUT2D eigenvalue weighted by Gasteiger charge is 2.17. The summed E-state index contributed by atoms with van der Waals surface area (Å²) in [5, 5.41) is 20.2. The maximum absolute atomic E-state index is 13.3. The first-order valence-electron chi connectivity index (χ1n) is 8.70. The van der Waals surface area contributed by atoms with Crippen LogP contribution in [0.4, 0.5) is 10.1 Å². The van der Waals surface area contributed by atoms with Crippen molar-refractivity contribution in [3.8, 4) is 11.4 Å². The molecule has 2 aromatic heterocycles. The number of benzene rings is 2. The van der Waals surface area contributed by atoms with Gasteiger partial charge in [-0.25, -0.2) is 4.39 Å². The molecule has 4 rings (SSSR count). The molecule has 7 nitrogen and oxygen atoms in total. The maximum Gasteiger partial charge on any atom is 0.270 e. The minimum atomic E-state index is -0.472. The van der Waals surface area contributed by atoms with Gasteiger partial charge in [0.05, 0.1) is 17.5 Å². The van der Waals surface area contributed by atoms with Crippen LogP contribution in [0.25, 0.3) is 11.4 Å². The third kappa shape index (κ3) is 4.36. The Morgan fingerprint density at radius 2 is 2.00 bits per heavy atom. The maximum atomic E-state index is 13.3. The number of thiophene rings is 1. The number of halogens is 1. The van der Waals surface area contributed by atoms with Crippen LogP contribution in [-0.2, 0) is 6.54 Å². The van der Waals surface area contributed by atoms with Crippen LogP contribution in [0.15, 0.2) is 70.6 Å². The van der Waals surface area contributed by atoms with Crippen molar-refractivity contribution >= 4 is 17.0 Å². The molecule has 29 heavy (non-hydrogen) atoms. The third-order valence-corrected chi connectivity index (χ3v) is 5.21. The molecular weight excluding hydrogens is 395 g/mol. The first-order chi connectivity index (χ1) is 14.1. The zero-order valence-corrected chi connectivity index (χ0v) is 15.8. The Labute approximate surface area is 169 Å². The highest BCUT2D eigenvalue weighted by atomic mass is 32.1. The Morgan fingerprint density at radius 1 is 1.17 bits per heavy atom. The average Bonchev–Trinajstić information content (AvgIpc) is 3.42.